The lowest BCUT2D eigenvalue weighted by atomic mass is 10.1. The van der Waals surface area contributed by atoms with Crippen LogP contribution in [0.5, 0.6) is 0 Å². The summed E-state index contributed by atoms with van der Waals surface area (Å²) in [6, 6.07) is 2.63. The van der Waals surface area contributed by atoms with Crippen molar-refractivity contribution in [3.05, 3.63) is 33.3 Å². The van der Waals surface area contributed by atoms with E-state index in [0.717, 1.165) is 4.90 Å². The maximum absolute atomic E-state index is 12.4. The molecule has 1 aliphatic rings. The van der Waals surface area contributed by atoms with Crippen LogP contribution in [0.2, 0.25) is 10.0 Å². The molecule has 1 aliphatic heterocycles. The molecule has 9 heteroatoms. The van der Waals surface area contributed by atoms with E-state index in [2.05, 4.69) is 0 Å². The van der Waals surface area contributed by atoms with E-state index in [1.165, 1.54) is 24.1 Å². The van der Waals surface area contributed by atoms with Crippen LogP contribution in [-0.2, 0) is 9.59 Å². The van der Waals surface area contributed by atoms with Crippen LogP contribution in [0.1, 0.15) is 34.6 Å². The molecule has 1 aromatic carbocycles. The van der Waals surface area contributed by atoms with Crippen molar-refractivity contribution in [2.75, 3.05) is 33.2 Å². The normalized spacial score (nSPS) is 13.0. The zero-order valence-electron chi connectivity index (χ0n) is 14.7. The van der Waals surface area contributed by atoms with E-state index in [1.54, 1.807) is 4.90 Å². The molecule has 0 saturated heterocycles. The second-order valence-corrected chi connectivity index (χ2v) is 6.64. The molecule has 26 heavy (non-hydrogen) atoms. The lowest BCUT2D eigenvalue weighted by Gasteiger charge is -2.24. The Morgan fingerprint density at radius 3 is 1.85 bits per heavy atom. The van der Waals surface area contributed by atoms with Gasteiger partial charge in [-0.3, -0.25) is 24.1 Å². The maximum Gasteiger partial charge on any atom is 0.262 e. The number of benzene rings is 1. The summed E-state index contributed by atoms with van der Waals surface area (Å²) in [4.78, 5) is 52.9. The molecule has 0 radical (unpaired) electrons. The molecular formula is C17H19Cl2N3O4. The number of rotatable bonds is 6. The SMILES string of the molecule is CCN(CC)C(=O)CN(C)C(=O)CN1C(=O)c2cc(Cl)c(Cl)cc2C1=O. The number of nitrogens with zero attached hydrogens (tertiary/aromatic N) is 3. The van der Waals surface area contributed by atoms with Crippen LogP contribution in [-0.4, -0.2) is 71.6 Å². The van der Waals surface area contributed by atoms with Crippen molar-refractivity contribution >= 4 is 46.8 Å². The largest absolute Gasteiger partial charge is 0.342 e. The van der Waals surface area contributed by atoms with Crippen molar-refractivity contribution in [2.45, 2.75) is 13.8 Å². The van der Waals surface area contributed by atoms with Crippen molar-refractivity contribution in [3.63, 3.8) is 0 Å². The van der Waals surface area contributed by atoms with Crippen molar-refractivity contribution in [1.82, 2.24) is 14.7 Å². The van der Waals surface area contributed by atoms with Gasteiger partial charge in [0.1, 0.15) is 6.54 Å². The molecule has 0 fully saturated rings. The molecule has 7 nitrogen and oxygen atoms in total. The predicted molar refractivity (Wildman–Crippen MR) is 97.4 cm³/mol. The first-order valence-corrected chi connectivity index (χ1v) is 8.83. The summed E-state index contributed by atoms with van der Waals surface area (Å²) in [6.45, 7) is 4.19. The van der Waals surface area contributed by atoms with E-state index in [0.29, 0.717) is 13.1 Å². The molecule has 140 valence electrons. The molecular weight excluding hydrogens is 381 g/mol. The van der Waals surface area contributed by atoms with Gasteiger partial charge >= 0.3 is 0 Å². The fourth-order valence-electron chi connectivity index (χ4n) is 2.65. The van der Waals surface area contributed by atoms with E-state index in [1.807, 2.05) is 13.8 Å². The average molecular weight is 400 g/mol. The van der Waals surface area contributed by atoms with Gasteiger partial charge in [0.05, 0.1) is 27.7 Å². The summed E-state index contributed by atoms with van der Waals surface area (Å²) >= 11 is 11.8. The third kappa shape index (κ3) is 3.83. The molecule has 1 aromatic rings. The zero-order chi connectivity index (χ0) is 19.6. The highest BCUT2D eigenvalue weighted by Crippen LogP contribution is 2.31. The van der Waals surface area contributed by atoms with Gasteiger partial charge in [0.2, 0.25) is 11.8 Å². The number of hydrogen-bond acceptors (Lipinski definition) is 4. The summed E-state index contributed by atoms with van der Waals surface area (Å²) in [7, 11) is 1.45. The summed E-state index contributed by atoms with van der Waals surface area (Å²) in [5.41, 5.74) is 0.221. The van der Waals surface area contributed by atoms with Crippen LogP contribution in [0.3, 0.4) is 0 Å². The molecule has 0 aromatic heterocycles. The first kappa shape index (κ1) is 20.2. The molecule has 2 rings (SSSR count). The number of hydrogen-bond donors (Lipinski definition) is 0. The van der Waals surface area contributed by atoms with Crippen molar-refractivity contribution < 1.29 is 19.2 Å². The third-order valence-electron chi connectivity index (χ3n) is 4.22. The van der Waals surface area contributed by atoms with E-state index in [4.69, 9.17) is 23.2 Å². The maximum atomic E-state index is 12.4. The van der Waals surface area contributed by atoms with Gasteiger partial charge in [0.25, 0.3) is 11.8 Å². The highest BCUT2D eigenvalue weighted by Gasteiger charge is 2.38. The number of carbonyl (C=O) groups excluding carboxylic acids is 4. The minimum absolute atomic E-state index is 0.110. The Labute approximate surface area is 161 Å². The average Bonchev–Trinajstić information content (AvgIpc) is 2.81. The molecule has 0 atom stereocenters. The Balaban J connectivity index is 2.09. The summed E-state index contributed by atoms with van der Waals surface area (Å²) in [5.74, 6) is -1.94. The Morgan fingerprint density at radius 2 is 1.42 bits per heavy atom. The van der Waals surface area contributed by atoms with Crippen LogP contribution < -0.4 is 0 Å². The summed E-state index contributed by atoms with van der Waals surface area (Å²) < 4.78 is 0. The van der Waals surface area contributed by atoms with Crippen LogP contribution in [0.4, 0.5) is 0 Å². The summed E-state index contributed by atoms with van der Waals surface area (Å²) in [5, 5.41) is 0.309. The number of fused-ring (bicyclic) bond motifs is 1. The molecule has 1 heterocycles. The molecule has 0 N–H and O–H groups in total. The van der Waals surface area contributed by atoms with Crippen molar-refractivity contribution in [3.8, 4) is 0 Å². The van der Waals surface area contributed by atoms with Gasteiger partial charge < -0.3 is 9.80 Å². The van der Waals surface area contributed by atoms with Gasteiger partial charge in [-0.1, -0.05) is 23.2 Å². The Bertz CT molecular complexity index is 737. The van der Waals surface area contributed by atoms with Crippen LogP contribution in [0.15, 0.2) is 12.1 Å². The predicted octanol–water partition coefficient (Wildman–Crippen LogP) is 1.92. The number of imide groups is 1. The first-order valence-electron chi connectivity index (χ1n) is 8.08. The number of likely N-dealkylation sites (N-methyl/N-ethyl adjacent to an activating group) is 2. The quantitative estimate of drug-likeness (QED) is 0.684. The molecule has 0 spiro atoms. The van der Waals surface area contributed by atoms with Gasteiger partial charge in [0, 0.05) is 20.1 Å². The lowest BCUT2D eigenvalue weighted by molar-refractivity contribution is -0.139. The van der Waals surface area contributed by atoms with Gasteiger partial charge in [0.15, 0.2) is 0 Å². The third-order valence-corrected chi connectivity index (χ3v) is 4.94. The first-order chi connectivity index (χ1) is 12.2. The molecule has 0 aliphatic carbocycles. The zero-order valence-corrected chi connectivity index (χ0v) is 16.2. The summed E-state index contributed by atoms with van der Waals surface area (Å²) in [6.07, 6.45) is 0. The standard InChI is InChI=1S/C17H19Cl2N3O4/c1-4-21(5-2)15(24)8-20(3)14(23)9-22-16(25)10-6-12(18)13(19)7-11(10)17(22)26/h6-7H,4-5,8-9H2,1-3H3. The van der Waals surface area contributed by atoms with Gasteiger partial charge in [-0.25, -0.2) is 0 Å². The van der Waals surface area contributed by atoms with E-state index < -0.39 is 24.3 Å². The molecule has 4 amide bonds. The van der Waals surface area contributed by atoms with Gasteiger partial charge in [-0.15, -0.1) is 0 Å². The van der Waals surface area contributed by atoms with Crippen LogP contribution in [0, 0.1) is 0 Å². The number of halogens is 2. The highest BCUT2D eigenvalue weighted by atomic mass is 35.5. The lowest BCUT2D eigenvalue weighted by Crippen LogP contribution is -2.45. The monoisotopic (exact) mass is 399 g/mol. The van der Waals surface area contributed by atoms with Crippen LogP contribution >= 0.6 is 23.2 Å². The van der Waals surface area contributed by atoms with Crippen molar-refractivity contribution in [1.29, 1.82) is 0 Å². The molecule has 0 bridgehead atoms. The second kappa shape index (κ2) is 8.05. The van der Waals surface area contributed by atoms with E-state index in [9.17, 15) is 19.2 Å². The molecule has 0 saturated carbocycles. The van der Waals surface area contributed by atoms with E-state index in [-0.39, 0.29) is 33.6 Å². The Morgan fingerprint density at radius 1 is 0.962 bits per heavy atom. The Kier molecular flexibility index (Phi) is 6.26. The second-order valence-electron chi connectivity index (χ2n) is 5.82. The topological polar surface area (TPSA) is 78.0 Å². The van der Waals surface area contributed by atoms with Gasteiger partial charge in [-0.05, 0) is 26.0 Å². The fraction of sp³-hybridized carbons (Fsp3) is 0.412. The number of carbonyl (C=O) groups is 4. The smallest absolute Gasteiger partial charge is 0.262 e. The highest BCUT2D eigenvalue weighted by molar-refractivity contribution is 6.43. The Hall–Kier alpha value is -2.12. The minimum Gasteiger partial charge on any atom is -0.342 e. The molecule has 0 unspecified atom stereocenters. The van der Waals surface area contributed by atoms with Crippen molar-refractivity contribution in [2.24, 2.45) is 0 Å². The fourth-order valence-corrected chi connectivity index (χ4v) is 2.98. The van der Waals surface area contributed by atoms with Crippen LogP contribution in [0.25, 0.3) is 0 Å². The number of amides is 4. The van der Waals surface area contributed by atoms with E-state index >= 15 is 0 Å². The minimum atomic E-state index is -0.611. The van der Waals surface area contributed by atoms with Gasteiger partial charge in [-0.2, -0.15) is 0 Å².